The Morgan fingerprint density at radius 2 is 1.24 bits per heavy atom. The molecule has 0 aromatic heterocycles. The molecule has 0 atom stereocenters. The number of hydrogen-bond donors (Lipinski definition) is 2. The highest BCUT2D eigenvalue weighted by Gasteiger charge is 2.16. The fraction of sp³-hybridized carbons (Fsp3) is 0.143. The highest BCUT2D eigenvalue weighted by atomic mass is 32.2. The van der Waals surface area contributed by atoms with Gasteiger partial charge in [-0.15, -0.1) is 0 Å². The monoisotopic (exact) mass is 430 g/mol. The second kappa shape index (κ2) is 8.77. The van der Waals surface area contributed by atoms with Crippen LogP contribution in [-0.2, 0) is 26.5 Å². The third kappa shape index (κ3) is 5.66. The van der Waals surface area contributed by atoms with Crippen LogP contribution >= 0.6 is 0 Å². The fourth-order valence-corrected chi connectivity index (χ4v) is 4.78. The van der Waals surface area contributed by atoms with Gasteiger partial charge in [-0.1, -0.05) is 48.0 Å². The van der Waals surface area contributed by atoms with E-state index in [9.17, 15) is 16.8 Å². The van der Waals surface area contributed by atoms with E-state index in [0.717, 1.165) is 11.1 Å². The standard InChI is InChI=1S/C21H22N2O4S2/c1-17-7-11-21(12-8-17)29(26,27)23-19-9-13-20(14-10-19)28(24,25)22-16-15-18-5-3-2-4-6-18/h2-14,22-23H,15-16H2,1H3. The van der Waals surface area contributed by atoms with E-state index in [1.165, 1.54) is 36.4 Å². The molecule has 0 radical (unpaired) electrons. The minimum Gasteiger partial charge on any atom is -0.280 e. The first-order valence-electron chi connectivity index (χ1n) is 8.99. The SMILES string of the molecule is Cc1ccc(S(=O)(=O)Nc2ccc(S(=O)(=O)NCCc3ccccc3)cc2)cc1. The Labute approximate surface area is 171 Å². The summed E-state index contributed by atoms with van der Waals surface area (Å²) >= 11 is 0. The van der Waals surface area contributed by atoms with Gasteiger partial charge < -0.3 is 0 Å². The molecule has 0 unspecified atom stereocenters. The number of sulfonamides is 2. The number of anilines is 1. The van der Waals surface area contributed by atoms with Crippen molar-refractivity contribution in [3.8, 4) is 0 Å². The maximum atomic E-state index is 12.4. The molecule has 0 fully saturated rings. The smallest absolute Gasteiger partial charge is 0.261 e. The van der Waals surface area contributed by atoms with Gasteiger partial charge >= 0.3 is 0 Å². The average Bonchev–Trinajstić information content (AvgIpc) is 2.69. The lowest BCUT2D eigenvalue weighted by Crippen LogP contribution is -2.26. The zero-order chi connectivity index (χ0) is 20.9. The van der Waals surface area contributed by atoms with Crippen molar-refractivity contribution in [2.75, 3.05) is 11.3 Å². The number of rotatable bonds is 8. The zero-order valence-electron chi connectivity index (χ0n) is 15.9. The van der Waals surface area contributed by atoms with Crippen LogP contribution in [0.2, 0.25) is 0 Å². The molecule has 3 aromatic carbocycles. The van der Waals surface area contributed by atoms with Crippen molar-refractivity contribution in [1.29, 1.82) is 0 Å². The summed E-state index contributed by atoms with van der Waals surface area (Å²) in [4.78, 5) is 0.214. The van der Waals surface area contributed by atoms with E-state index in [4.69, 9.17) is 0 Å². The van der Waals surface area contributed by atoms with Gasteiger partial charge in [-0.2, -0.15) is 0 Å². The highest BCUT2D eigenvalue weighted by Crippen LogP contribution is 2.19. The van der Waals surface area contributed by atoms with E-state index < -0.39 is 20.0 Å². The second-order valence-electron chi connectivity index (χ2n) is 6.58. The van der Waals surface area contributed by atoms with E-state index in [1.807, 2.05) is 37.3 Å². The third-order valence-corrected chi connectivity index (χ3v) is 7.17. The molecule has 0 aliphatic heterocycles. The molecule has 3 aromatic rings. The summed E-state index contributed by atoms with van der Waals surface area (Å²) in [5, 5.41) is 0. The zero-order valence-corrected chi connectivity index (χ0v) is 17.5. The fourth-order valence-electron chi connectivity index (χ4n) is 2.69. The molecule has 3 rings (SSSR count). The van der Waals surface area contributed by atoms with Gasteiger partial charge in [-0.3, -0.25) is 4.72 Å². The van der Waals surface area contributed by atoms with Crippen LogP contribution in [0.1, 0.15) is 11.1 Å². The molecule has 0 bridgehead atoms. The molecule has 0 aliphatic carbocycles. The normalized spacial score (nSPS) is 11.9. The van der Waals surface area contributed by atoms with E-state index in [-0.39, 0.29) is 22.0 Å². The first-order valence-corrected chi connectivity index (χ1v) is 12.0. The van der Waals surface area contributed by atoms with Crippen LogP contribution < -0.4 is 9.44 Å². The van der Waals surface area contributed by atoms with Crippen LogP contribution in [0.5, 0.6) is 0 Å². The van der Waals surface area contributed by atoms with Gasteiger partial charge in [-0.05, 0) is 55.3 Å². The Bertz CT molecular complexity index is 1160. The molecule has 6 nitrogen and oxygen atoms in total. The van der Waals surface area contributed by atoms with Gasteiger partial charge in [0.15, 0.2) is 0 Å². The van der Waals surface area contributed by atoms with Crippen molar-refractivity contribution in [1.82, 2.24) is 4.72 Å². The lowest BCUT2D eigenvalue weighted by atomic mass is 10.2. The Morgan fingerprint density at radius 1 is 0.690 bits per heavy atom. The number of nitrogens with one attached hydrogen (secondary N) is 2. The minimum atomic E-state index is -3.74. The summed E-state index contributed by atoms with van der Waals surface area (Å²) in [7, 11) is -7.41. The summed E-state index contributed by atoms with van der Waals surface area (Å²) in [5.41, 5.74) is 2.28. The van der Waals surface area contributed by atoms with E-state index in [1.54, 1.807) is 12.1 Å². The summed E-state index contributed by atoms with van der Waals surface area (Å²) < 4.78 is 54.7. The summed E-state index contributed by atoms with van der Waals surface area (Å²) in [5.74, 6) is 0. The van der Waals surface area contributed by atoms with Crippen LogP contribution in [0.15, 0.2) is 88.7 Å². The van der Waals surface area contributed by atoms with Crippen molar-refractivity contribution < 1.29 is 16.8 Å². The average molecular weight is 431 g/mol. The molecule has 0 amide bonds. The lowest BCUT2D eigenvalue weighted by Gasteiger charge is -2.10. The van der Waals surface area contributed by atoms with Crippen molar-refractivity contribution in [3.05, 3.63) is 90.0 Å². The summed E-state index contributed by atoms with van der Waals surface area (Å²) in [6.45, 7) is 2.14. The Hall–Kier alpha value is -2.68. The molecule has 0 saturated carbocycles. The topological polar surface area (TPSA) is 92.3 Å². The number of aryl methyl sites for hydroxylation is 1. The second-order valence-corrected chi connectivity index (χ2v) is 10.0. The molecular weight excluding hydrogens is 408 g/mol. The van der Waals surface area contributed by atoms with Gasteiger partial charge in [0.25, 0.3) is 10.0 Å². The van der Waals surface area contributed by atoms with E-state index >= 15 is 0 Å². The maximum Gasteiger partial charge on any atom is 0.261 e. The predicted molar refractivity (Wildman–Crippen MR) is 114 cm³/mol. The molecule has 2 N–H and O–H groups in total. The maximum absolute atomic E-state index is 12.4. The van der Waals surface area contributed by atoms with Crippen LogP contribution in [0.3, 0.4) is 0 Å². The van der Waals surface area contributed by atoms with Crippen LogP contribution in [-0.4, -0.2) is 23.4 Å². The molecular formula is C21H22N2O4S2. The van der Waals surface area contributed by atoms with Crippen LogP contribution in [0.25, 0.3) is 0 Å². The van der Waals surface area contributed by atoms with Crippen LogP contribution in [0, 0.1) is 6.92 Å². The first-order chi connectivity index (χ1) is 13.8. The van der Waals surface area contributed by atoms with Gasteiger partial charge in [0, 0.05) is 12.2 Å². The Morgan fingerprint density at radius 3 is 1.86 bits per heavy atom. The number of hydrogen-bond acceptors (Lipinski definition) is 4. The number of benzene rings is 3. The molecule has 0 spiro atoms. The molecule has 152 valence electrons. The van der Waals surface area contributed by atoms with Crippen molar-refractivity contribution in [2.24, 2.45) is 0 Å². The van der Waals surface area contributed by atoms with Crippen molar-refractivity contribution >= 4 is 25.7 Å². The van der Waals surface area contributed by atoms with E-state index in [2.05, 4.69) is 9.44 Å². The predicted octanol–water partition coefficient (Wildman–Crippen LogP) is 3.32. The summed E-state index contributed by atoms with van der Waals surface area (Å²) in [6.07, 6.45) is 0.578. The first kappa shape index (κ1) is 21.0. The van der Waals surface area contributed by atoms with Gasteiger partial charge in [-0.25, -0.2) is 21.6 Å². The minimum absolute atomic E-state index is 0.0730. The molecule has 0 aliphatic rings. The molecule has 0 saturated heterocycles. The van der Waals surface area contributed by atoms with Crippen molar-refractivity contribution in [2.45, 2.75) is 23.1 Å². The highest BCUT2D eigenvalue weighted by molar-refractivity contribution is 7.92. The lowest BCUT2D eigenvalue weighted by molar-refractivity contribution is 0.581. The van der Waals surface area contributed by atoms with Gasteiger partial charge in [0.05, 0.1) is 9.79 Å². The Kier molecular flexibility index (Phi) is 6.36. The molecule has 8 heteroatoms. The Balaban J connectivity index is 1.65. The quantitative estimate of drug-likeness (QED) is 0.573. The van der Waals surface area contributed by atoms with E-state index in [0.29, 0.717) is 6.42 Å². The third-order valence-electron chi connectivity index (χ3n) is 4.30. The van der Waals surface area contributed by atoms with Crippen molar-refractivity contribution in [3.63, 3.8) is 0 Å². The van der Waals surface area contributed by atoms with Gasteiger partial charge in [0.1, 0.15) is 0 Å². The van der Waals surface area contributed by atoms with Crippen LogP contribution in [0.4, 0.5) is 5.69 Å². The largest absolute Gasteiger partial charge is 0.280 e. The summed E-state index contributed by atoms with van der Waals surface area (Å²) in [6, 6.07) is 21.6. The molecule has 29 heavy (non-hydrogen) atoms. The molecule has 0 heterocycles. The van der Waals surface area contributed by atoms with Gasteiger partial charge in [0.2, 0.25) is 10.0 Å².